The van der Waals surface area contributed by atoms with Gasteiger partial charge < -0.3 is 4.90 Å². The molecule has 1 aliphatic rings. The van der Waals surface area contributed by atoms with Crippen molar-refractivity contribution in [2.45, 2.75) is 13.3 Å². The molecule has 1 aliphatic heterocycles. The van der Waals surface area contributed by atoms with Gasteiger partial charge in [-0.25, -0.2) is 0 Å². The number of allylic oxidation sites excluding steroid dienone is 1. The van der Waals surface area contributed by atoms with E-state index in [0.717, 1.165) is 6.54 Å². The van der Waals surface area contributed by atoms with E-state index in [1.807, 2.05) is 0 Å². The Morgan fingerprint density at radius 1 is 1.12 bits per heavy atom. The van der Waals surface area contributed by atoms with Crippen molar-refractivity contribution in [2.24, 2.45) is 0 Å². The van der Waals surface area contributed by atoms with Crippen LogP contribution in [-0.2, 0) is 0 Å². The van der Waals surface area contributed by atoms with Gasteiger partial charge in [0.1, 0.15) is 0 Å². The van der Waals surface area contributed by atoms with E-state index in [9.17, 15) is 0 Å². The summed E-state index contributed by atoms with van der Waals surface area (Å²) in [7, 11) is 2.18. The second kappa shape index (κ2) is 6.63. The van der Waals surface area contributed by atoms with Gasteiger partial charge in [0.2, 0.25) is 0 Å². The van der Waals surface area contributed by atoms with Gasteiger partial charge in [-0.2, -0.15) is 0 Å². The van der Waals surface area contributed by atoms with Gasteiger partial charge in [0.15, 0.2) is 0 Å². The van der Waals surface area contributed by atoms with Crippen LogP contribution in [0.15, 0.2) is 47.6 Å². The van der Waals surface area contributed by atoms with Crippen LogP contribution >= 0.6 is 12.4 Å². The molecule has 1 heterocycles. The quantitative estimate of drug-likeness (QED) is 0.771. The van der Waals surface area contributed by atoms with E-state index in [0.29, 0.717) is 0 Å². The average Bonchev–Trinajstić information content (AvgIpc) is 2.29. The summed E-state index contributed by atoms with van der Waals surface area (Å²) in [6, 6.07) is 10.5. The van der Waals surface area contributed by atoms with Crippen LogP contribution in [0.3, 0.4) is 0 Å². The number of halogens is 1. The van der Waals surface area contributed by atoms with Crippen LogP contribution in [0.4, 0.5) is 0 Å². The molecule has 0 amide bonds. The van der Waals surface area contributed by atoms with Gasteiger partial charge in [-0.15, -0.1) is 12.4 Å². The average molecular weight is 250 g/mol. The molecule has 1 aromatic rings. The van der Waals surface area contributed by atoms with Gasteiger partial charge in [0.05, 0.1) is 0 Å². The maximum Gasteiger partial charge on any atom is 0.0193 e. The minimum Gasteiger partial charge on any atom is -0.302 e. The van der Waals surface area contributed by atoms with E-state index >= 15 is 0 Å². The third kappa shape index (κ3) is 4.03. The highest BCUT2D eigenvalue weighted by Crippen LogP contribution is 2.18. The molecule has 2 rings (SSSR count). The van der Waals surface area contributed by atoms with Crippen molar-refractivity contribution >= 4 is 18.5 Å². The molecule has 0 aromatic heterocycles. The Hall–Kier alpha value is -1.05. The fourth-order valence-corrected chi connectivity index (χ4v) is 2.10. The van der Waals surface area contributed by atoms with Crippen LogP contribution in [-0.4, -0.2) is 25.0 Å². The van der Waals surface area contributed by atoms with Gasteiger partial charge >= 0.3 is 0 Å². The lowest BCUT2D eigenvalue weighted by Gasteiger charge is -2.24. The summed E-state index contributed by atoms with van der Waals surface area (Å²) < 4.78 is 0. The van der Waals surface area contributed by atoms with Crippen molar-refractivity contribution in [1.29, 1.82) is 0 Å². The first-order valence-electron chi connectivity index (χ1n) is 5.86. The summed E-state index contributed by atoms with van der Waals surface area (Å²) in [5.74, 6) is 0. The summed E-state index contributed by atoms with van der Waals surface area (Å²) in [4.78, 5) is 2.37. The summed E-state index contributed by atoms with van der Waals surface area (Å²) in [6.45, 7) is 4.51. The van der Waals surface area contributed by atoms with Crippen molar-refractivity contribution in [2.75, 3.05) is 20.1 Å². The Morgan fingerprint density at radius 2 is 1.82 bits per heavy atom. The Morgan fingerprint density at radius 3 is 2.47 bits per heavy atom. The summed E-state index contributed by atoms with van der Waals surface area (Å²) >= 11 is 0. The van der Waals surface area contributed by atoms with E-state index in [4.69, 9.17) is 0 Å². The van der Waals surface area contributed by atoms with Crippen LogP contribution in [0, 0.1) is 0 Å². The molecule has 0 spiro atoms. The van der Waals surface area contributed by atoms with Gasteiger partial charge in [-0.1, -0.05) is 48.1 Å². The van der Waals surface area contributed by atoms with E-state index in [1.165, 1.54) is 29.7 Å². The minimum atomic E-state index is 0. The first-order chi connectivity index (χ1) is 7.75. The van der Waals surface area contributed by atoms with Gasteiger partial charge in [-0.05, 0) is 31.5 Å². The highest BCUT2D eigenvalue weighted by atomic mass is 35.5. The topological polar surface area (TPSA) is 3.24 Å². The van der Waals surface area contributed by atoms with Crippen molar-refractivity contribution in [3.8, 4) is 0 Å². The van der Waals surface area contributed by atoms with Crippen molar-refractivity contribution < 1.29 is 0 Å². The molecule has 2 heteroatoms. The van der Waals surface area contributed by atoms with Crippen molar-refractivity contribution in [3.63, 3.8) is 0 Å². The van der Waals surface area contributed by atoms with Crippen molar-refractivity contribution in [1.82, 2.24) is 4.90 Å². The maximum atomic E-state index is 2.37. The fraction of sp³-hybridized carbons (Fsp3) is 0.333. The normalized spacial score (nSPS) is 17.3. The summed E-state index contributed by atoms with van der Waals surface area (Å²) in [6.07, 6.45) is 5.66. The lowest BCUT2D eigenvalue weighted by molar-refractivity contribution is 0.350. The molecule has 0 fully saturated rings. The zero-order valence-electron chi connectivity index (χ0n) is 10.5. The molecule has 0 atom stereocenters. The first kappa shape index (κ1) is 14.0. The highest BCUT2D eigenvalue weighted by Gasteiger charge is 2.10. The van der Waals surface area contributed by atoms with Crippen LogP contribution in [0.1, 0.15) is 18.9 Å². The van der Waals surface area contributed by atoms with Crippen LogP contribution in [0.2, 0.25) is 0 Å². The number of nitrogens with zero attached hydrogens (tertiary/aromatic N) is 1. The SMILES string of the molecule is CC1=C(C=Cc2ccccc2)CCN(C)C1.Cl. The molecule has 0 radical (unpaired) electrons. The molecule has 0 saturated heterocycles. The number of benzene rings is 1. The highest BCUT2D eigenvalue weighted by molar-refractivity contribution is 5.85. The van der Waals surface area contributed by atoms with Gasteiger partial charge in [0, 0.05) is 13.1 Å². The Bertz CT molecular complexity index is 406. The zero-order valence-corrected chi connectivity index (χ0v) is 11.3. The van der Waals surface area contributed by atoms with Gasteiger partial charge in [0.25, 0.3) is 0 Å². The summed E-state index contributed by atoms with van der Waals surface area (Å²) in [5.41, 5.74) is 4.28. The third-order valence-corrected chi connectivity index (χ3v) is 3.09. The molecular weight excluding hydrogens is 230 g/mol. The molecule has 17 heavy (non-hydrogen) atoms. The van der Waals surface area contributed by atoms with Crippen LogP contribution in [0.5, 0.6) is 0 Å². The van der Waals surface area contributed by atoms with Gasteiger partial charge in [-0.3, -0.25) is 0 Å². The number of hydrogen-bond donors (Lipinski definition) is 0. The minimum absolute atomic E-state index is 0. The monoisotopic (exact) mass is 249 g/mol. The smallest absolute Gasteiger partial charge is 0.0193 e. The predicted molar refractivity (Wildman–Crippen MR) is 77.5 cm³/mol. The number of likely N-dealkylation sites (N-methyl/N-ethyl adjacent to an activating group) is 1. The lowest BCUT2D eigenvalue weighted by Crippen LogP contribution is -2.26. The fourth-order valence-electron chi connectivity index (χ4n) is 2.10. The lowest BCUT2D eigenvalue weighted by atomic mass is 10.0. The maximum absolute atomic E-state index is 2.37. The van der Waals surface area contributed by atoms with E-state index in [2.05, 4.69) is 61.4 Å². The van der Waals surface area contributed by atoms with Crippen LogP contribution < -0.4 is 0 Å². The number of rotatable bonds is 2. The Labute approximate surface area is 110 Å². The molecule has 92 valence electrons. The molecule has 1 nitrogen and oxygen atoms in total. The largest absolute Gasteiger partial charge is 0.302 e. The van der Waals surface area contributed by atoms with Crippen LogP contribution in [0.25, 0.3) is 6.08 Å². The Balaban J connectivity index is 0.00000144. The third-order valence-electron chi connectivity index (χ3n) is 3.09. The molecule has 0 saturated carbocycles. The second-order valence-electron chi connectivity index (χ2n) is 4.54. The van der Waals surface area contributed by atoms with E-state index in [1.54, 1.807) is 0 Å². The zero-order chi connectivity index (χ0) is 11.4. The second-order valence-corrected chi connectivity index (χ2v) is 4.54. The molecule has 0 aliphatic carbocycles. The molecule has 0 unspecified atom stereocenters. The number of hydrogen-bond acceptors (Lipinski definition) is 1. The standard InChI is InChI=1S/C15H19N.ClH/c1-13-12-16(2)11-10-15(13)9-8-14-6-4-3-5-7-14;/h3-9H,10-12H2,1-2H3;1H. The molecule has 1 aromatic carbocycles. The first-order valence-corrected chi connectivity index (χ1v) is 5.86. The van der Waals surface area contributed by atoms with E-state index < -0.39 is 0 Å². The molecule has 0 N–H and O–H groups in total. The predicted octanol–water partition coefficient (Wildman–Crippen LogP) is 3.77. The van der Waals surface area contributed by atoms with E-state index in [-0.39, 0.29) is 12.4 Å². The Kier molecular flexibility index (Phi) is 5.46. The molecule has 0 bridgehead atoms. The summed E-state index contributed by atoms with van der Waals surface area (Å²) in [5, 5.41) is 0. The molecular formula is C15H20ClN. The van der Waals surface area contributed by atoms with Crippen molar-refractivity contribution in [3.05, 3.63) is 53.1 Å².